The highest BCUT2D eigenvalue weighted by Gasteiger charge is 2.13. The molecule has 0 fully saturated rings. The number of halogens is 1. The van der Waals surface area contributed by atoms with Crippen LogP contribution in [0.15, 0.2) is 42.6 Å². The number of hydrogen-bond acceptors (Lipinski definition) is 3. The maximum absolute atomic E-state index is 13.2. The number of benzene rings is 1. The summed E-state index contributed by atoms with van der Waals surface area (Å²) < 4.78 is 13.2. The van der Waals surface area contributed by atoms with Crippen LogP contribution >= 0.6 is 0 Å². The fourth-order valence-corrected chi connectivity index (χ4v) is 1.85. The van der Waals surface area contributed by atoms with Crippen molar-refractivity contribution < 1.29 is 4.39 Å². The average Bonchev–Trinajstić information content (AvgIpc) is 2.38. The minimum atomic E-state index is -0.266. The Balaban J connectivity index is 2.43. The molecule has 1 heterocycles. The molecule has 0 amide bonds. The number of nitrogens with two attached hydrogens (primary N) is 1. The third kappa shape index (κ3) is 2.49. The van der Waals surface area contributed by atoms with Crippen molar-refractivity contribution in [2.24, 2.45) is 5.73 Å². The van der Waals surface area contributed by atoms with Gasteiger partial charge in [0.15, 0.2) is 0 Å². The molecule has 1 atom stereocenters. The third-order valence-electron chi connectivity index (χ3n) is 2.82. The minimum Gasteiger partial charge on any atom is -0.329 e. The molecule has 0 radical (unpaired) electrons. The van der Waals surface area contributed by atoms with Gasteiger partial charge in [0.1, 0.15) is 11.6 Å². The van der Waals surface area contributed by atoms with Gasteiger partial charge in [-0.1, -0.05) is 12.1 Å². The summed E-state index contributed by atoms with van der Waals surface area (Å²) >= 11 is 0. The molecule has 18 heavy (non-hydrogen) atoms. The number of nitrogens with zero attached hydrogens (tertiary/aromatic N) is 2. The molecular weight excluding hydrogens is 229 g/mol. The maximum Gasteiger partial charge on any atom is 0.137 e. The summed E-state index contributed by atoms with van der Waals surface area (Å²) in [5.74, 6) is 0.482. The van der Waals surface area contributed by atoms with E-state index in [1.54, 1.807) is 12.3 Å². The predicted molar refractivity (Wildman–Crippen MR) is 71.3 cm³/mol. The number of hydrogen-bond donors (Lipinski definition) is 1. The lowest BCUT2D eigenvalue weighted by Crippen LogP contribution is -2.17. The molecule has 94 valence electrons. The zero-order chi connectivity index (χ0) is 13.1. The van der Waals surface area contributed by atoms with Gasteiger partial charge in [0.05, 0.1) is 0 Å². The van der Waals surface area contributed by atoms with Crippen LogP contribution in [-0.2, 0) is 0 Å². The number of aromatic nitrogens is 1. The molecule has 0 spiro atoms. The maximum atomic E-state index is 13.2. The molecule has 0 saturated carbocycles. The topological polar surface area (TPSA) is 42.1 Å². The van der Waals surface area contributed by atoms with E-state index >= 15 is 0 Å². The summed E-state index contributed by atoms with van der Waals surface area (Å²) in [6.07, 6.45) is 1.71. The van der Waals surface area contributed by atoms with Crippen LogP contribution in [0.5, 0.6) is 0 Å². The molecule has 0 bridgehead atoms. The quantitative estimate of drug-likeness (QED) is 0.903. The Hall–Kier alpha value is -1.94. The van der Waals surface area contributed by atoms with Crippen LogP contribution in [0.3, 0.4) is 0 Å². The Kier molecular flexibility index (Phi) is 3.58. The van der Waals surface area contributed by atoms with E-state index in [4.69, 9.17) is 5.73 Å². The molecule has 1 aromatic carbocycles. The molecule has 0 aliphatic rings. The minimum absolute atomic E-state index is 0.121. The van der Waals surface area contributed by atoms with Gasteiger partial charge in [-0.2, -0.15) is 0 Å². The van der Waals surface area contributed by atoms with Crippen LogP contribution in [0.2, 0.25) is 0 Å². The molecule has 4 heteroatoms. The van der Waals surface area contributed by atoms with Crippen molar-refractivity contribution >= 4 is 11.5 Å². The molecule has 2 rings (SSSR count). The molecule has 0 saturated heterocycles. The van der Waals surface area contributed by atoms with E-state index < -0.39 is 0 Å². The van der Waals surface area contributed by atoms with E-state index in [0.717, 1.165) is 17.1 Å². The molecule has 0 aliphatic heterocycles. The van der Waals surface area contributed by atoms with E-state index in [-0.39, 0.29) is 11.9 Å². The van der Waals surface area contributed by atoms with E-state index in [0.29, 0.717) is 0 Å². The molecule has 2 aromatic rings. The van der Waals surface area contributed by atoms with Gasteiger partial charge >= 0.3 is 0 Å². The van der Waals surface area contributed by atoms with Crippen LogP contribution in [-0.4, -0.2) is 12.0 Å². The van der Waals surface area contributed by atoms with Gasteiger partial charge in [0.25, 0.3) is 0 Å². The largest absolute Gasteiger partial charge is 0.329 e. The molecular formula is C14H16FN3. The van der Waals surface area contributed by atoms with E-state index in [2.05, 4.69) is 4.98 Å². The summed E-state index contributed by atoms with van der Waals surface area (Å²) in [4.78, 5) is 6.16. The van der Waals surface area contributed by atoms with Gasteiger partial charge in [-0.05, 0) is 31.2 Å². The zero-order valence-electron chi connectivity index (χ0n) is 10.5. The van der Waals surface area contributed by atoms with Crippen molar-refractivity contribution in [1.29, 1.82) is 0 Å². The molecule has 0 aliphatic carbocycles. The lowest BCUT2D eigenvalue weighted by Gasteiger charge is -2.22. The smallest absolute Gasteiger partial charge is 0.137 e. The highest BCUT2D eigenvalue weighted by Crippen LogP contribution is 2.27. The average molecular weight is 245 g/mol. The highest BCUT2D eigenvalue weighted by molar-refractivity contribution is 5.62. The second-order valence-corrected chi connectivity index (χ2v) is 4.24. The van der Waals surface area contributed by atoms with Gasteiger partial charge in [0, 0.05) is 30.5 Å². The lowest BCUT2D eigenvalue weighted by atomic mass is 10.1. The highest BCUT2D eigenvalue weighted by atomic mass is 19.1. The fourth-order valence-electron chi connectivity index (χ4n) is 1.85. The van der Waals surface area contributed by atoms with Gasteiger partial charge in [0.2, 0.25) is 0 Å². The fraction of sp³-hybridized carbons (Fsp3) is 0.214. The Bertz CT molecular complexity index is 540. The molecule has 1 aromatic heterocycles. The summed E-state index contributed by atoms with van der Waals surface area (Å²) in [5, 5.41) is 0. The first-order valence-corrected chi connectivity index (χ1v) is 5.79. The number of rotatable bonds is 3. The summed E-state index contributed by atoms with van der Waals surface area (Å²) in [6.45, 7) is 1.90. The van der Waals surface area contributed by atoms with Gasteiger partial charge in [-0.15, -0.1) is 0 Å². The normalized spacial score (nSPS) is 12.2. The van der Waals surface area contributed by atoms with Crippen LogP contribution < -0.4 is 10.6 Å². The second-order valence-electron chi connectivity index (χ2n) is 4.24. The first-order chi connectivity index (χ1) is 8.59. The van der Waals surface area contributed by atoms with Crippen LogP contribution in [0.25, 0.3) is 0 Å². The molecule has 2 N–H and O–H groups in total. The Morgan fingerprint density at radius 1 is 1.28 bits per heavy atom. The van der Waals surface area contributed by atoms with E-state index in [1.165, 1.54) is 12.1 Å². The van der Waals surface area contributed by atoms with Crippen molar-refractivity contribution in [3.05, 3.63) is 54.0 Å². The Morgan fingerprint density at radius 3 is 2.72 bits per heavy atom. The predicted octanol–water partition coefficient (Wildman–Crippen LogP) is 3.01. The van der Waals surface area contributed by atoms with Crippen molar-refractivity contribution in [3.63, 3.8) is 0 Å². The number of pyridine rings is 1. The van der Waals surface area contributed by atoms with Crippen molar-refractivity contribution in [2.45, 2.75) is 13.0 Å². The summed E-state index contributed by atoms with van der Waals surface area (Å²) in [5.41, 5.74) is 7.60. The summed E-state index contributed by atoms with van der Waals surface area (Å²) in [7, 11) is 1.85. The SMILES string of the molecule is CC(N)c1cccnc1N(C)c1cccc(F)c1. The van der Waals surface area contributed by atoms with Crippen LogP contribution in [0, 0.1) is 5.82 Å². The van der Waals surface area contributed by atoms with E-state index in [1.807, 2.05) is 37.1 Å². The summed E-state index contributed by atoms with van der Waals surface area (Å²) in [6, 6.07) is 10.1. The number of anilines is 2. The van der Waals surface area contributed by atoms with E-state index in [9.17, 15) is 4.39 Å². The van der Waals surface area contributed by atoms with Crippen molar-refractivity contribution in [3.8, 4) is 0 Å². The molecule has 1 unspecified atom stereocenters. The zero-order valence-corrected chi connectivity index (χ0v) is 10.5. The van der Waals surface area contributed by atoms with Crippen molar-refractivity contribution in [1.82, 2.24) is 4.98 Å². The Labute approximate surface area is 106 Å². The molecule has 3 nitrogen and oxygen atoms in total. The first kappa shape index (κ1) is 12.5. The lowest BCUT2D eigenvalue weighted by molar-refractivity contribution is 0.628. The second kappa shape index (κ2) is 5.14. The monoisotopic (exact) mass is 245 g/mol. The third-order valence-corrected chi connectivity index (χ3v) is 2.82. The van der Waals surface area contributed by atoms with Gasteiger partial charge in [-0.3, -0.25) is 0 Å². The van der Waals surface area contributed by atoms with Gasteiger partial charge in [-0.25, -0.2) is 9.37 Å². The van der Waals surface area contributed by atoms with Crippen LogP contribution in [0.4, 0.5) is 15.9 Å². The standard InChI is InChI=1S/C14H16FN3/c1-10(16)13-7-4-8-17-14(13)18(2)12-6-3-5-11(15)9-12/h3-10H,16H2,1-2H3. The van der Waals surface area contributed by atoms with Crippen molar-refractivity contribution in [2.75, 3.05) is 11.9 Å². The van der Waals surface area contributed by atoms with Gasteiger partial charge < -0.3 is 10.6 Å². The van der Waals surface area contributed by atoms with Crippen LogP contribution in [0.1, 0.15) is 18.5 Å². The first-order valence-electron chi connectivity index (χ1n) is 5.79. The Morgan fingerprint density at radius 2 is 2.06 bits per heavy atom.